The van der Waals surface area contributed by atoms with E-state index in [1.165, 1.54) is 17.7 Å². The third-order valence-corrected chi connectivity index (χ3v) is 5.12. The zero-order valence-electron chi connectivity index (χ0n) is 14.3. The highest BCUT2D eigenvalue weighted by atomic mass is 35.5. The third kappa shape index (κ3) is 3.99. The average molecular weight is 373 g/mol. The molecule has 1 aliphatic rings. The molecule has 1 fully saturated rings. The lowest BCUT2D eigenvalue weighted by Gasteiger charge is -2.42. The maximum absolute atomic E-state index is 12.2. The number of amides is 2. The second-order valence-corrected chi connectivity index (χ2v) is 7.01. The standard InChI is InChI=1S/C20H21ClN2O3/c21-15-7-8-17(16(11-15)19(22)25)26-12-18(24)23-13-20(9-4-10-20)14-5-2-1-3-6-14/h1-3,5-8,11H,4,9-10,12-13H2,(H2,22,25)(H,23,24). The summed E-state index contributed by atoms with van der Waals surface area (Å²) in [4.78, 5) is 23.7. The lowest BCUT2D eigenvalue weighted by atomic mass is 9.64. The van der Waals surface area contributed by atoms with Crippen molar-refractivity contribution in [3.8, 4) is 5.75 Å². The molecule has 1 aliphatic carbocycles. The van der Waals surface area contributed by atoms with E-state index in [-0.39, 0.29) is 29.2 Å². The Bertz CT molecular complexity index is 804. The maximum Gasteiger partial charge on any atom is 0.257 e. The van der Waals surface area contributed by atoms with E-state index in [0.717, 1.165) is 19.3 Å². The molecular formula is C20H21ClN2O3. The predicted octanol–water partition coefficient (Wildman–Crippen LogP) is 3.06. The van der Waals surface area contributed by atoms with Gasteiger partial charge >= 0.3 is 0 Å². The van der Waals surface area contributed by atoms with Crippen LogP contribution in [0.2, 0.25) is 5.02 Å². The minimum atomic E-state index is -0.652. The highest BCUT2D eigenvalue weighted by Gasteiger charge is 2.38. The van der Waals surface area contributed by atoms with Crippen molar-refractivity contribution in [1.82, 2.24) is 5.32 Å². The summed E-state index contributed by atoms with van der Waals surface area (Å²) in [6.07, 6.45) is 3.27. The van der Waals surface area contributed by atoms with Crippen LogP contribution < -0.4 is 15.8 Å². The molecule has 0 radical (unpaired) electrons. The Morgan fingerprint density at radius 1 is 1.15 bits per heavy atom. The molecule has 0 unspecified atom stereocenters. The van der Waals surface area contributed by atoms with Crippen LogP contribution in [0.3, 0.4) is 0 Å². The van der Waals surface area contributed by atoms with E-state index in [1.54, 1.807) is 6.07 Å². The minimum Gasteiger partial charge on any atom is -0.483 e. The van der Waals surface area contributed by atoms with Crippen LogP contribution >= 0.6 is 11.6 Å². The minimum absolute atomic E-state index is 0.00950. The molecule has 0 aliphatic heterocycles. The first kappa shape index (κ1) is 18.3. The first-order valence-electron chi connectivity index (χ1n) is 8.55. The second kappa shape index (κ2) is 7.79. The lowest BCUT2D eigenvalue weighted by Crippen LogP contribution is -2.46. The van der Waals surface area contributed by atoms with Gasteiger partial charge in [-0.3, -0.25) is 9.59 Å². The summed E-state index contributed by atoms with van der Waals surface area (Å²) in [5.74, 6) is -0.642. The normalized spacial score (nSPS) is 15.0. The van der Waals surface area contributed by atoms with Crippen molar-refractivity contribution in [3.05, 3.63) is 64.7 Å². The number of rotatable bonds is 7. The fourth-order valence-corrected chi connectivity index (χ4v) is 3.42. The van der Waals surface area contributed by atoms with Gasteiger partial charge < -0.3 is 15.8 Å². The first-order chi connectivity index (χ1) is 12.5. The van der Waals surface area contributed by atoms with Crippen molar-refractivity contribution in [2.24, 2.45) is 5.73 Å². The summed E-state index contributed by atoms with van der Waals surface area (Å²) in [5, 5.41) is 3.33. The van der Waals surface area contributed by atoms with Gasteiger partial charge in [0.25, 0.3) is 11.8 Å². The molecule has 3 rings (SSSR count). The number of ether oxygens (including phenoxy) is 1. The van der Waals surface area contributed by atoms with E-state index in [4.69, 9.17) is 22.1 Å². The number of nitrogens with two attached hydrogens (primary N) is 1. The molecule has 3 N–H and O–H groups in total. The Morgan fingerprint density at radius 3 is 2.50 bits per heavy atom. The van der Waals surface area contributed by atoms with Gasteiger partial charge in [-0.15, -0.1) is 0 Å². The van der Waals surface area contributed by atoms with Crippen molar-refractivity contribution in [2.45, 2.75) is 24.7 Å². The summed E-state index contributed by atoms with van der Waals surface area (Å²) in [7, 11) is 0. The number of hydrogen-bond donors (Lipinski definition) is 2. The molecule has 6 heteroatoms. The number of carbonyl (C=O) groups is 2. The smallest absolute Gasteiger partial charge is 0.257 e. The Hall–Kier alpha value is -2.53. The van der Waals surface area contributed by atoms with Crippen molar-refractivity contribution in [2.75, 3.05) is 13.2 Å². The molecular weight excluding hydrogens is 352 g/mol. The fraction of sp³-hybridized carbons (Fsp3) is 0.300. The van der Waals surface area contributed by atoms with Gasteiger partial charge in [0.05, 0.1) is 5.56 Å². The maximum atomic E-state index is 12.2. The summed E-state index contributed by atoms with van der Waals surface area (Å²) in [6.45, 7) is 0.384. The van der Waals surface area contributed by atoms with E-state index in [2.05, 4.69) is 17.4 Å². The van der Waals surface area contributed by atoms with Crippen LogP contribution in [-0.2, 0) is 10.2 Å². The van der Waals surface area contributed by atoms with Gasteiger partial charge in [0.15, 0.2) is 6.61 Å². The van der Waals surface area contributed by atoms with Gasteiger partial charge in [-0.25, -0.2) is 0 Å². The zero-order valence-corrected chi connectivity index (χ0v) is 15.1. The van der Waals surface area contributed by atoms with Gasteiger partial charge in [-0.1, -0.05) is 48.4 Å². The summed E-state index contributed by atoms with van der Waals surface area (Å²) >= 11 is 5.86. The van der Waals surface area contributed by atoms with Crippen LogP contribution in [0.25, 0.3) is 0 Å². The molecule has 2 aromatic rings. The van der Waals surface area contributed by atoms with Crippen LogP contribution in [0.1, 0.15) is 35.2 Å². The largest absolute Gasteiger partial charge is 0.483 e. The monoisotopic (exact) mass is 372 g/mol. The van der Waals surface area contributed by atoms with Crippen molar-refractivity contribution in [3.63, 3.8) is 0 Å². The van der Waals surface area contributed by atoms with Crippen molar-refractivity contribution in [1.29, 1.82) is 0 Å². The van der Waals surface area contributed by atoms with E-state index < -0.39 is 5.91 Å². The molecule has 136 valence electrons. The topological polar surface area (TPSA) is 81.4 Å². The van der Waals surface area contributed by atoms with E-state index in [1.807, 2.05) is 18.2 Å². The number of hydrogen-bond acceptors (Lipinski definition) is 3. The van der Waals surface area contributed by atoms with Gasteiger partial charge in [0, 0.05) is 17.0 Å². The highest BCUT2D eigenvalue weighted by molar-refractivity contribution is 6.31. The first-order valence-corrected chi connectivity index (χ1v) is 8.92. The van der Waals surface area contributed by atoms with Gasteiger partial charge in [0.2, 0.25) is 0 Å². The average Bonchev–Trinajstić information content (AvgIpc) is 2.60. The Morgan fingerprint density at radius 2 is 1.88 bits per heavy atom. The molecule has 0 saturated heterocycles. The SMILES string of the molecule is NC(=O)c1cc(Cl)ccc1OCC(=O)NCC1(c2ccccc2)CCC1. The third-order valence-electron chi connectivity index (χ3n) is 4.89. The number of carbonyl (C=O) groups excluding carboxylic acids is 2. The van der Waals surface area contributed by atoms with Crippen LogP contribution in [0.15, 0.2) is 48.5 Å². The summed E-state index contributed by atoms with van der Waals surface area (Å²) in [6, 6.07) is 14.8. The highest BCUT2D eigenvalue weighted by Crippen LogP contribution is 2.43. The van der Waals surface area contributed by atoms with Crippen molar-refractivity contribution >= 4 is 23.4 Å². The molecule has 0 spiro atoms. The molecule has 2 amide bonds. The molecule has 2 aromatic carbocycles. The molecule has 0 aromatic heterocycles. The van der Waals surface area contributed by atoms with Gasteiger partial charge in [-0.2, -0.15) is 0 Å². The Balaban J connectivity index is 1.58. The molecule has 26 heavy (non-hydrogen) atoms. The number of nitrogens with one attached hydrogen (secondary N) is 1. The molecule has 0 heterocycles. The van der Waals surface area contributed by atoms with E-state index in [9.17, 15) is 9.59 Å². The lowest BCUT2D eigenvalue weighted by molar-refractivity contribution is -0.123. The second-order valence-electron chi connectivity index (χ2n) is 6.57. The zero-order chi connectivity index (χ0) is 18.6. The predicted molar refractivity (Wildman–Crippen MR) is 100 cm³/mol. The van der Waals surface area contributed by atoms with Crippen LogP contribution in [0, 0.1) is 0 Å². The Labute approximate surface area is 157 Å². The summed E-state index contributed by atoms with van der Waals surface area (Å²) < 4.78 is 5.47. The Kier molecular flexibility index (Phi) is 5.47. The number of halogens is 1. The van der Waals surface area contributed by atoms with E-state index >= 15 is 0 Å². The summed E-state index contributed by atoms with van der Waals surface area (Å²) in [5.41, 5.74) is 6.74. The van der Waals surface area contributed by atoms with E-state index in [0.29, 0.717) is 11.6 Å². The van der Waals surface area contributed by atoms with Gasteiger partial charge in [0.1, 0.15) is 5.75 Å². The fourth-order valence-electron chi connectivity index (χ4n) is 3.25. The molecule has 0 bridgehead atoms. The van der Waals surface area contributed by atoms with Crippen LogP contribution in [0.5, 0.6) is 5.75 Å². The van der Waals surface area contributed by atoms with Crippen LogP contribution in [-0.4, -0.2) is 25.0 Å². The molecule has 0 atom stereocenters. The van der Waals surface area contributed by atoms with Crippen molar-refractivity contribution < 1.29 is 14.3 Å². The number of primary amides is 1. The molecule has 5 nitrogen and oxygen atoms in total. The number of benzene rings is 2. The molecule has 1 saturated carbocycles. The quantitative estimate of drug-likeness (QED) is 0.783. The van der Waals surface area contributed by atoms with Crippen LogP contribution in [0.4, 0.5) is 0 Å². The van der Waals surface area contributed by atoms with Gasteiger partial charge in [-0.05, 0) is 36.6 Å².